The number of halogens is 3. The van der Waals surface area contributed by atoms with Gasteiger partial charge in [0.05, 0.1) is 22.9 Å². The first-order chi connectivity index (χ1) is 20.3. The maximum atomic E-state index is 12.6. The number of allylic oxidation sites excluding steroid dienone is 1. The molecule has 0 unspecified atom stereocenters. The van der Waals surface area contributed by atoms with E-state index >= 15 is 0 Å². The standard InChI is InChI=1S/C32H23F3N6O/c33-32(34,35)15-14-30(42)39-24-10-12-28-26(18-24)31(37-20-36-28)41(25-11-13-27-23(17-25)19-38-40-27)29-9-5-4-8-22(29)16-21-6-2-1-3-7-21/h1-15,17-20H,16H2,(H,38,40)(H,39,42). The first-order valence-corrected chi connectivity index (χ1v) is 13.0. The van der Waals surface area contributed by atoms with Crippen molar-refractivity contribution in [1.29, 1.82) is 0 Å². The molecule has 4 aromatic carbocycles. The van der Waals surface area contributed by atoms with Gasteiger partial charge in [-0.15, -0.1) is 0 Å². The number of carbonyl (C=O) groups excluding carboxylic acids is 1. The lowest BCUT2D eigenvalue weighted by Gasteiger charge is -2.28. The first-order valence-electron chi connectivity index (χ1n) is 13.0. The third-order valence-electron chi connectivity index (χ3n) is 6.67. The number of fused-ring (bicyclic) bond motifs is 2. The molecule has 1 amide bonds. The second-order valence-electron chi connectivity index (χ2n) is 9.56. The zero-order valence-corrected chi connectivity index (χ0v) is 22.0. The summed E-state index contributed by atoms with van der Waals surface area (Å²) in [6.07, 6.45) is -0.366. The summed E-state index contributed by atoms with van der Waals surface area (Å²) < 4.78 is 37.7. The van der Waals surface area contributed by atoms with Gasteiger partial charge in [-0.2, -0.15) is 18.3 Å². The third-order valence-corrected chi connectivity index (χ3v) is 6.67. The van der Waals surface area contributed by atoms with Crippen LogP contribution in [0.3, 0.4) is 0 Å². The summed E-state index contributed by atoms with van der Waals surface area (Å²) in [7, 11) is 0. The second kappa shape index (κ2) is 11.2. The number of benzene rings is 4. The van der Waals surface area contributed by atoms with Crippen LogP contribution in [-0.2, 0) is 11.2 Å². The molecule has 0 aliphatic heterocycles. The van der Waals surface area contributed by atoms with E-state index in [-0.39, 0.29) is 6.08 Å². The summed E-state index contributed by atoms with van der Waals surface area (Å²) in [5, 5.41) is 11.1. The zero-order chi connectivity index (χ0) is 29.1. The monoisotopic (exact) mass is 564 g/mol. The zero-order valence-electron chi connectivity index (χ0n) is 22.0. The number of hydrogen-bond donors (Lipinski definition) is 2. The predicted molar refractivity (Wildman–Crippen MR) is 157 cm³/mol. The van der Waals surface area contributed by atoms with E-state index < -0.39 is 12.1 Å². The summed E-state index contributed by atoms with van der Waals surface area (Å²) in [5.74, 6) is -0.370. The van der Waals surface area contributed by atoms with Crippen LogP contribution in [0.2, 0.25) is 0 Å². The van der Waals surface area contributed by atoms with Crippen LogP contribution < -0.4 is 10.2 Å². The van der Waals surface area contributed by atoms with E-state index in [2.05, 4.69) is 43.7 Å². The van der Waals surface area contributed by atoms with Gasteiger partial charge in [-0.05, 0) is 60.0 Å². The molecule has 2 heterocycles. The minimum Gasteiger partial charge on any atom is -0.322 e. The molecule has 0 bridgehead atoms. The number of para-hydroxylation sites is 1. The van der Waals surface area contributed by atoms with E-state index in [1.165, 1.54) is 6.33 Å². The van der Waals surface area contributed by atoms with Crippen molar-refractivity contribution in [2.75, 3.05) is 10.2 Å². The lowest BCUT2D eigenvalue weighted by molar-refractivity contribution is -0.112. The summed E-state index contributed by atoms with van der Waals surface area (Å²) in [6, 6.07) is 29.0. The van der Waals surface area contributed by atoms with Crippen molar-refractivity contribution in [2.24, 2.45) is 0 Å². The van der Waals surface area contributed by atoms with Crippen molar-refractivity contribution in [3.05, 3.63) is 127 Å². The minimum absolute atomic E-state index is 0.102. The van der Waals surface area contributed by atoms with Crippen molar-refractivity contribution in [3.63, 3.8) is 0 Å². The molecule has 208 valence electrons. The smallest absolute Gasteiger partial charge is 0.322 e. The first kappa shape index (κ1) is 26.7. The number of rotatable bonds is 7. The Balaban J connectivity index is 1.50. The highest BCUT2D eigenvalue weighted by atomic mass is 19.4. The van der Waals surface area contributed by atoms with Gasteiger partial charge in [-0.25, -0.2) is 9.97 Å². The molecule has 2 aromatic heterocycles. The fourth-order valence-corrected chi connectivity index (χ4v) is 4.79. The van der Waals surface area contributed by atoms with E-state index in [9.17, 15) is 18.0 Å². The number of nitrogens with zero attached hydrogens (tertiary/aromatic N) is 4. The number of aromatic nitrogens is 4. The van der Waals surface area contributed by atoms with Crippen LogP contribution in [0.5, 0.6) is 0 Å². The molecule has 7 nitrogen and oxygen atoms in total. The predicted octanol–water partition coefficient (Wildman–Crippen LogP) is 7.62. The van der Waals surface area contributed by atoms with Gasteiger partial charge in [0.1, 0.15) is 12.1 Å². The van der Waals surface area contributed by atoms with Gasteiger partial charge >= 0.3 is 6.18 Å². The maximum absolute atomic E-state index is 12.6. The van der Waals surface area contributed by atoms with Crippen LogP contribution in [0.4, 0.5) is 36.1 Å². The Morgan fingerprint density at radius 2 is 1.74 bits per heavy atom. The minimum atomic E-state index is -4.59. The Morgan fingerprint density at radius 1 is 0.929 bits per heavy atom. The molecule has 0 aliphatic rings. The van der Waals surface area contributed by atoms with Crippen molar-refractivity contribution >= 4 is 50.6 Å². The number of alkyl halides is 3. The molecular weight excluding hydrogens is 541 g/mol. The molecule has 10 heteroatoms. The quantitative estimate of drug-likeness (QED) is 0.195. The number of H-pyrrole nitrogens is 1. The molecule has 2 N–H and O–H groups in total. The van der Waals surface area contributed by atoms with Crippen LogP contribution in [0.25, 0.3) is 21.8 Å². The Hall–Kier alpha value is -5.51. The van der Waals surface area contributed by atoms with Gasteiger partial charge in [-0.3, -0.25) is 14.8 Å². The Morgan fingerprint density at radius 3 is 2.57 bits per heavy atom. The highest BCUT2D eigenvalue weighted by Gasteiger charge is 2.23. The van der Waals surface area contributed by atoms with Gasteiger partial charge in [-0.1, -0.05) is 48.5 Å². The fourth-order valence-electron chi connectivity index (χ4n) is 4.79. The molecule has 6 aromatic rings. The second-order valence-corrected chi connectivity index (χ2v) is 9.56. The normalized spacial score (nSPS) is 11.8. The van der Waals surface area contributed by atoms with Gasteiger partial charge in [0, 0.05) is 34.3 Å². The molecule has 0 saturated heterocycles. The topological polar surface area (TPSA) is 86.8 Å². The van der Waals surface area contributed by atoms with Crippen LogP contribution in [0.15, 0.2) is 116 Å². The third kappa shape index (κ3) is 5.83. The van der Waals surface area contributed by atoms with E-state index in [1.807, 2.05) is 59.5 Å². The summed E-state index contributed by atoms with van der Waals surface area (Å²) in [5.41, 5.74) is 5.65. The number of aromatic amines is 1. The fraction of sp³-hybridized carbons (Fsp3) is 0.0625. The molecule has 0 saturated carbocycles. The molecule has 0 spiro atoms. The lowest BCUT2D eigenvalue weighted by Crippen LogP contribution is -2.15. The van der Waals surface area contributed by atoms with Gasteiger partial charge in [0.2, 0.25) is 5.91 Å². The number of anilines is 4. The van der Waals surface area contributed by atoms with Crippen LogP contribution >= 0.6 is 0 Å². The van der Waals surface area contributed by atoms with Crippen LogP contribution in [-0.4, -0.2) is 32.2 Å². The van der Waals surface area contributed by atoms with E-state index in [0.717, 1.165) is 33.4 Å². The molecular formula is C32H23F3N6O. The Bertz CT molecular complexity index is 1920. The number of nitrogens with one attached hydrogen (secondary N) is 2. The molecule has 0 radical (unpaired) electrons. The SMILES string of the molecule is O=C(C=CC(F)(F)F)Nc1ccc2ncnc(N(c3ccc4[nH]ncc4c3)c3ccccc3Cc3ccccc3)c2c1. The van der Waals surface area contributed by atoms with Crippen molar-refractivity contribution in [2.45, 2.75) is 12.6 Å². The number of carbonyl (C=O) groups is 1. The number of amides is 1. The summed E-state index contributed by atoms with van der Waals surface area (Å²) in [6.45, 7) is 0. The molecule has 0 atom stereocenters. The molecule has 0 fully saturated rings. The highest BCUT2D eigenvalue weighted by molar-refractivity contribution is 6.03. The molecule has 6 rings (SSSR count). The Labute approximate surface area is 238 Å². The van der Waals surface area contributed by atoms with Crippen molar-refractivity contribution < 1.29 is 18.0 Å². The molecule has 42 heavy (non-hydrogen) atoms. The van der Waals surface area contributed by atoms with Crippen molar-refractivity contribution in [3.8, 4) is 0 Å². The maximum Gasteiger partial charge on any atom is 0.409 e. The van der Waals surface area contributed by atoms with E-state index in [1.54, 1.807) is 24.4 Å². The van der Waals surface area contributed by atoms with E-state index in [4.69, 9.17) is 0 Å². The van der Waals surface area contributed by atoms with Crippen LogP contribution in [0, 0.1) is 0 Å². The molecule has 0 aliphatic carbocycles. The summed E-state index contributed by atoms with van der Waals surface area (Å²) >= 11 is 0. The Kier molecular flexibility index (Phi) is 7.10. The average Bonchev–Trinajstić information content (AvgIpc) is 3.46. The van der Waals surface area contributed by atoms with Gasteiger partial charge in [0.15, 0.2) is 0 Å². The van der Waals surface area contributed by atoms with Crippen LogP contribution in [0.1, 0.15) is 11.1 Å². The number of hydrogen-bond acceptors (Lipinski definition) is 5. The average molecular weight is 565 g/mol. The van der Waals surface area contributed by atoms with Gasteiger partial charge in [0.25, 0.3) is 0 Å². The van der Waals surface area contributed by atoms with E-state index in [0.29, 0.717) is 34.9 Å². The summed E-state index contributed by atoms with van der Waals surface area (Å²) in [4.78, 5) is 23.3. The highest BCUT2D eigenvalue weighted by Crippen LogP contribution is 2.40. The van der Waals surface area contributed by atoms with Gasteiger partial charge < -0.3 is 5.32 Å². The van der Waals surface area contributed by atoms with Crippen molar-refractivity contribution in [1.82, 2.24) is 20.2 Å². The lowest BCUT2D eigenvalue weighted by atomic mass is 10.0. The largest absolute Gasteiger partial charge is 0.409 e.